The summed E-state index contributed by atoms with van der Waals surface area (Å²) in [5.74, 6) is -0.441. The smallest absolute Gasteiger partial charge is 0.149 e. The van der Waals surface area contributed by atoms with Crippen molar-refractivity contribution in [3.05, 3.63) is 75.9 Å². The molecule has 0 heterocycles. The Morgan fingerprint density at radius 3 is 2.57 bits per heavy atom. The predicted molar refractivity (Wildman–Crippen MR) is 121 cm³/mol. The van der Waals surface area contributed by atoms with Crippen LogP contribution in [-0.2, 0) is 11.3 Å². The Morgan fingerprint density at radius 2 is 1.89 bits per heavy atom. The van der Waals surface area contributed by atoms with E-state index >= 15 is 0 Å². The van der Waals surface area contributed by atoms with Gasteiger partial charge in [0.2, 0.25) is 0 Å². The molecule has 3 rings (SSSR count). The fraction of sp³-hybridized carbons (Fsp3) is 0.273. The quantitative estimate of drug-likeness (QED) is 0.566. The van der Waals surface area contributed by atoms with Crippen molar-refractivity contribution in [2.24, 2.45) is 11.3 Å². The summed E-state index contributed by atoms with van der Waals surface area (Å²) >= 11 is 17.8. The number of allylic oxidation sites excluding steroid dienone is 1. The van der Waals surface area contributed by atoms with Gasteiger partial charge in [-0.05, 0) is 29.2 Å². The van der Waals surface area contributed by atoms with Gasteiger partial charge in [-0.2, -0.15) is 0 Å². The number of hydrogen-bond donors (Lipinski definition) is 2. The van der Waals surface area contributed by atoms with Crippen LogP contribution in [0.3, 0.4) is 0 Å². The van der Waals surface area contributed by atoms with E-state index in [-0.39, 0.29) is 11.2 Å². The second-order valence-electron chi connectivity index (χ2n) is 7.62. The van der Waals surface area contributed by atoms with Crippen LogP contribution in [0.5, 0.6) is 0 Å². The summed E-state index contributed by atoms with van der Waals surface area (Å²) < 4.78 is 0. The van der Waals surface area contributed by atoms with Gasteiger partial charge in [-0.1, -0.05) is 85.7 Å². The molecule has 0 fully saturated rings. The van der Waals surface area contributed by atoms with Crippen LogP contribution in [0, 0.1) is 11.3 Å². The molecule has 2 aromatic carbocycles. The van der Waals surface area contributed by atoms with E-state index in [0.717, 1.165) is 11.3 Å². The highest BCUT2D eigenvalue weighted by molar-refractivity contribution is 7.80. The molecular weight excluding hydrogens is 411 g/mol. The molecule has 1 atom stereocenters. The van der Waals surface area contributed by atoms with Gasteiger partial charge in [-0.15, -0.1) is 0 Å². The van der Waals surface area contributed by atoms with Gasteiger partial charge in [0.15, 0.2) is 0 Å². The van der Waals surface area contributed by atoms with Crippen LogP contribution in [0.15, 0.2) is 60.3 Å². The molecule has 0 aromatic heterocycles. The lowest BCUT2D eigenvalue weighted by Gasteiger charge is -2.33. The van der Waals surface area contributed by atoms with Crippen LogP contribution in [0.25, 0.3) is 0 Å². The first-order valence-electron chi connectivity index (χ1n) is 9.04. The zero-order chi connectivity index (χ0) is 20.3. The molecule has 28 heavy (non-hydrogen) atoms. The zero-order valence-electron chi connectivity index (χ0n) is 15.8. The number of hydrogen-bond acceptors (Lipinski definition) is 3. The van der Waals surface area contributed by atoms with Gasteiger partial charge in [0.05, 0.1) is 15.7 Å². The predicted octanol–water partition coefficient (Wildman–Crippen LogP) is 6.02. The molecule has 0 unspecified atom stereocenters. The van der Waals surface area contributed by atoms with Crippen molar-refractivity contribution >= 4 is 51.9 Å². The number of Topliss-reactive ketones (excluding diaryl/α,β-unsaturated/α-hetero) is 1. The average molecular weight is 433 g/mol. The van der Waals surface area contributed by atoms with E-state index in [1.165, 1.54) is 0 Å². The number of nitrogens with one attached hydrogen (secondary N) is 2. The van der Waals surface area contributed by atoms with Gasteiger partial charge in [0, 0.05) is 23.7 Å². The molecule has 0 aliphatic heterocycles. The van der Waals surface area contributed by atoms with Crippen LogP contribution >= 0.6 is 35.4 Å². The van der Waals surface area contributed by atoms with E-state index in [4.69, 9.17) is 35.4 Å². The summed E-state index contributed by atoms with van der Waals surface area (Å²) in [4.78, 5) is 13.4. The Labute approximate surface area is 181 Å². The van der Waals surface area contributed by atoms with Gasteiger partial charge in [0.1, 0.15) is 11.7 Å². The van der Waals surface area contributed by atoms with Crippen molar-refractivity contribution < 1.29 is 4.79 Å². The minimum absolute atomic E-state index is 0.0886. The first kappa shape index (κ1) is 20.8. The van der Waals surface area contributed by atoms with Gasteiger partial charge < -0.3 is 10.6 Å². The molecular formula is C22H22Cl2N2OS. The third kappa shape index (κ3) is 5.13. The highest BCUT2D eigenvalue weighted by Crippen LogP contribution is 2.35. The number of rotatable bonds is 5. The lowest BCUT2D eigenvalue weighted by atomic mass is 9.76. The maximum Gasteiger partial charge on any atom is 0.149 e. The topological polar surface area (TPSA) is 41.1 Å². The lowest BCUT2D eigenvalue weighted by molar-refractivity contribution is -0.122. The zero-order valence-corrected chi connectivity index (χ0v) is 18.1. The number of anilines is 1. The Morgan fingerprint density at radius 1 is 1.18 bits per heavy atom. The monoisotopic (exact) mass is 432 g/mol. The fourth-order valence-corrected chi connectivity index (χ4v) is 4.14. The van der Waals surface area contributed by atoms with Gasteiger partial charge in [-0.3, -0.25) is 4.79 Å². The molecule has 0 bridgehead atoms. The normalized spacial score (nSPS) is 18.4. The van der Waals surface area contributed by atoms with E-state index in [9.17, 15) is 4.79 Å². The molecule has 3 nitrogen and oxygen atoms in total. The van der Waals surface area contributed by atoms with E-state index in [2.05, 4.69) is 30.6 Å². The fourth-order valence-electron chi connectivity index (χ4n) is 3.32. The first-order chi connectivity index (χ1) is 13.2. The molecule has 1 aliphatic rings. The van der Waals surface area contributed by atoms with Crippen LogP contribution in [0.2, 0.25) is 10.0 Å². The van der Waals surface area contributed by atoms with E-state index < -0.39 is 5.92 Å². The van der Waals surface area contributed by atoms with Crippen molar-refractivity contribution in [2.75, 3.05) is 5.32 Å². The summed E-state index contributed by atoms with van der Waals surface area (Å²) in [6.07, 6.45) is 2.55. The number of thiocarbonyl (C=S) groups is 1. The standard InChI is InChI=1S/C22H22Cl2N2OS/c1-22(2)11-18(25-13-14-6-4-3-5-7-14)20(19(27)12-22)21(28)26-17-9-8-15(23)10-16(17)24/h3-11,20,25H,12-13H2,1-2H3,(H,26,28)/t20-/m1/s1. The molecule has 6 heteroatoms. The minimum Gasteiger partial charge on any atom is -0.384 e. The SMILES string of the molecule is CC1(C)C=C(NCc2ccccc2)[C@@H](C(=S)Nc2ccc(Cl)cc2Cl)C(=O)C1. The Balaban J connectivity index is 1.82. The molecule has 2 aromatic rings. The van der Waals surface area contributed by atoms with Crippen molar-refractivity contribution in [1.82, 2.24) is 5.32 Å². The third-order valence-electron chi connectivity index (χ3n) is 4.60. The number of halogens is 2. The van der Waals surface area contributed by atoms with Crippen molar-refractivity contribution in [1.29, 1.82) is 0 Å². The molecule has 0 amide bonds. The van der Waals surface area contributed by atoms with E-state index in [1.807, 2.05) is 30.3 Å². The third-order valence-corrected chi connectivity index (χ3v) is 5.49. The Hall–Kier alpha value is -1.88. The summed E-state index contributed by atoms with van der Waals surface area (Å²) in [6, 6.07) is 15.2. The van der Waals surface area contributed by atoms with Gasteiger partial charge >= 0.3 is 0 Å². The Kier molecular flexibility index (Phi) is 6.43. The molecule has 0 spiro atoms. The largest absolute Gasteiger partial charge is 0.384 e. The number of ketones is 1. The average Bonchev–Trinajstić information content (AvgIpc) is 2.62. The second kappa shape index (κ2) is 8.64. The van der Waals surface area contributed by atoms with Crippen LogP contribution in [0.1, 0.15) is 25.8 Å². The van der Waals surface area contributed by atoms with Gasteiger partial charge in [-0.25, -0.2) is 0 Å². The minimum atomic E-state index is -0.529. The highest BCUT2D eigenvalue weighted by atomic mass is 35.5. The number of carbonyl (C=O) groups excluding carboxylic acids is 1. The van der Waals surface area contributed by atoms with Crippen molar-refractivity contribution in [2.45, 2.75) is 26.8 Å². The summed E-state index contributed by atoms with van der Waals surface area (Å²) in [6.45, 7) is 4.73. The molecule has 0 saturated heterocycles. The second-order valence-corrected chi connectivity index (χ2v) is 8.90. The molecule has 2 N–H and O–H groups in total. The summed E-state index contributed by atoms with van der Waals surface area (Å²) in [5, 5.41) is 7.56. The van der Waals surface area contributed by atoms with Crippen molar-refractivity contribution in [3.63, 3.8) is 0 Å². The summed E-state index contributed by atoms with van der Waals surface area (Å²) in [5.41, 5.74) is 2.38. The molecule has 146 valence electrons. The number of benzene rings is 2. The van der Waals surface area contributed by atoms with Gasteiger partial charge in [0.25, 0.3) is 0 Å². The number of carbonyl (C=O) groups is 1. The van der Waals surface area contributed by atoms with Crippen LogP contribution < -0.4 is 10.6 Å². The highest BCUT2D eigenvalue weighted by Gasteiger charge is 2.37. The Bertz CT molecular complexity index is 925. The molecule has 0 radical (unpaired) electrons. The van der Waals surface area contributed by atoms with Crippen molar-refractivity contribution in [3.8, 4) is 0 Å². The first-order valence-corrected chi connectivity index (χ1v) is 10.2. The maximum atomic E-state index is 12.9. The van der Waals surface area contributed by atoms with Crippen LogP contribution in [-0.4, -0.2) is 10.8 Å². The molecule has 0 saturated carbocycles. The van der Waals surface area contributed by atoms with E-state index in [1.54, 1.807) is 18.2 Å². The van der Waals surface area contributed by atoms with Crippen LogP contribution in [0.4, 0.5) is 5.69 Å². The lowest BCUT2D eigenvalue weighted by Crippen LogP contribution is -2.40. The molecule has 1 aliphatic carbocycles. The maximum absolute atomic E-state index is 12.9. The van der Waals surface area contributed by atoms with E-state index in [0.29, 0.717) is 33.7 Å². The summed E-state index contributed by atoms with van der Waals surface area (Å²) in [7, 11) is 0.